The maximum absolute atomic E-state index is 5.82. The number of hydrogen-bond acceptors (Lipinski definition) is 4. The van der Waals surface area contributed by atoms with E-state index in [0.717, 1.165) is 21.4 Å². The van der Waals surface area contributed by atoms with Crippen LogP contribution >= 0.6 is 38.9 Å². The first-order valence-electron chi connectivity index (χ1n) is 6.34. The molecule has 0 atom stereocenters. The van der Waals surface area contributed by atoms with Crippen LogP contribution in [0.2, 0.25) is 5.02 Å². The first-order chi connectivity index (χ1) is 10.7. The number of hydrogen-bond donors (Lipinski definition) is 0. The van der Waals surface area contributed by atoms with Gasteiger partial charge in [-0.1, -0.05) is 39.7 Å². The molecule has 0 unspecified atom stereocenters. The van der Waals surface area contributed by atoms with Gasteiger partial charge in [0.15, 0.2) is 0 Å². The van der Waals surface area contributed by atoms with Crippen LogP contribution in [0.1, 0.15) is 0 Å². The third-order valence-corrected chi connectivity index (χ3v) is 4.30. The highest BCUT2D eigenvalue weighted by Crippen LogP contribution is 2.27. The predicted molar refractivity (Wildman–Crippen MR) is 95.9 cm³/mol. The van der Waals surface area contributed by atoms with Crippen LogP contribution in [-0.2, 0) is 0 Å². The highest BCUT2D eigenvalue weighted by Gasteiger charge is 2.03. The van der Waals surface area contributed by atoms with E-state index in [9.17, 15) is 0 Å². The number of benzene rings is 2. The van der Waals surface area contributed by atoms with Gasteiger partial charge in [0.2, 0.25) is 5.13 Å². The zero-order chi connectivity index (χ0) is 15.4. The van der Waals surface area contributed by atoms with Crippen LogP contribution in [0.4, 0.5) is 10.8 Å². The van der Waals surface area contributed by atoms with Crippen molar-refractivity contribution >= 4 is 55.7 Å². The molecule has 3 rings (SSSR count). The molecule has 3 aromatic rings. The van der Waals surface area contributed by atoms with Crippen molar-refractivity contribution < 1.29 is 0 Å². The van der Waals surface area contributed by atoms with Gasteiger partial charge in [-0.3, -0.25) is 0 Å². The predicted octanol–water partition coefficient (Wildman–Crippen LogP) is 6.36. The molecular weight excluding hydrogens is 382 g/mol. The van der Waals surface area contributed by atoms with Gasteiger partial charge >= 0.3 is 0 Å². The molecule has 22 heavy (non-hydrogen) atoms. The molecule has 0 aliphatic rings. The van der Waals surface area contributed by atoms with Crippen LogP contribution in [0.25, 0.3) is 11.3 Å². The Morgan fingerprint density at radius 1 is 1.00 bits per heavy atom. The molecule has 0 radical (unpaired) electrons. The molecule has 2 aromatic carbocycles. The molecule has 0 bridgehead atoms. The smallest absolute Gasteiger partial charge is 0.218 e. The molecule has 1 heterocycles. The minimum Gasteiger partial charge on any atom is -0.218 e. The van der Waals surface area contributed by atoms with E-state index < -0.39 is 0 Å². The van der Waals surface area contributed by atoms with E-state index >= 15 is 0 Å². The number of halogens is 2. The lowest BCUT2D eigenvalue weighted by atomic mass is 10.2. The average Bonchev–Trinajstić information content (AvgIpc) is 2.99. The second kappa shape index (κ2) is 6.99. The van der Waals surface area contributed by atoms with Crippen LogP contribution in [0.15, 0.2) is 68.4 Å². The van der Waals surface area contributed by atoms with Gasteiger partial charge in [-0.15, -0.1) is 11.3 Å². The lowest BCUT2D eigenvalue weighted by Gasteiger charge is -1.95. The summed E-state index contributed by atoms with van der Waals surface area (Å²) in [4.78, 5) is 12.7. The fraction of sp³-hybridized carbons (Fsp3) is 0. The summed E-state index contributed by atoms with van der Waals surface area (Å²) in [5, 5.41) is 3.26. The molecule has 3 nitrogen and oxygen atoms in total. The SMILES string of the molecule is Clc1ccc(N=C=Nc2nc(-c3ccc(Br)cc3)cs2)cc1. The third kappa shape index (κ3) is 3.90. The lowest BCUT2D eigenvalue weighted by molar-refractivity contribution is 1.35. The topological polar surface area (TPSA) is 37.6 Å². The Bertz CT molecular complexity index is 835. The molecule has 6 heteroatoms. The summed E-state index contributed by atoms with van der Waals surface area (Å²) in [7, 11) is 0. The molecule has 1 aromatic heterocycles. The van der Waals surface area contributed by atoms with Crippen molar-refractivity contribution in [2.75, 3.05) is 0 Å². The van der Waals surface area contributed by atoms with Crippen LogP contribution in [-0.4, -0.2) is 11.0 Å². The fourth-order valence-corrected chi connectivity index (χ4v) is 2.75. The van der Waals surface area contributed by atoms with Gasteiger partial charge in [0.05, 0.1) is 11.4 Å². The van der Waals surface area contributed by atoms with Crippen molar-refractivity contribution in [2.24, 2.45) is 9.98 Å². The van der Waals surface area contributed by atoms with E-state index in [0.29, 0.717) is 10.2 Å². The van der Waals surface area contributed by atoms with E-state index in [1.54, 1.807) is 24.3 Å². The molecule has 0 amide bonds. The van der Waals surface area contributed by atoms with Crippen LogP contribution in [0.3, 0.4) is 0 Å². The third-order valence-electron chi connectivity index (χ3n) is 2.78. The van der Waals surface area contributed by atoms with E-state index in [1.165, 1.54) is 11.3 Å². The monoisotopic (exact) mass is 389 g/mol. The van der Waals surface area contributed by atoms with Crippen molar-refractivity contribution in [3.05, 3.63) is 63.4 Å². The molecule has 0 saturated carbocycles. The van der Waals surface area contributed by atoms with Gasteiger partial charge in [0.1, 0.15) is 6.01 Å². The summed E-state index contributed by atoms with van der Waals surface area (Å²) in [5.41, 5.74) is 2.69. The average molecular weight is 391 g/mol. The lowest BCUT2D eigenvalue weighted by Crippen LogP contribution is -1.75. The van der Waals surface area contributed by atoms with Crippen molar-refractivity contribution in [2.45, 2.75) is 0 Å². The second-order valence-electron chi connectivity index (χ2n) is 4.32. The van der Waals surface area contributed by atoms with Gasteiger partial charge in [0, 0.05) is 20.4 Å². The maximum atomic E-state index is 5.82. The first kappa shape index (κ1) is 15.1. The zero-order valence-electron chi connectivity index (χ0n) is 11.2. The highest BCUT2D eigenvalue weighted by atomic mass is 79.9. The van der Waals surface area contributed by atoms with E-state index in [-0.39, 0.29) is 0 Å². The summed E-state index contributed by atoms with van der Waals surface area (Å²) in [6.07, 6.45) is 0. The number of aliphatic imine (C=N–C) groups is 2. The highest BCUT2D eigenvalue weighted by molar-refractivity contribution is 9.10. The summed E-state index contributed by atoms with van der Waals surface area (Å²) in [6.45, 7) is 0. The Labute approximate surface area is 145 Å². The minimum atomic E-state index is 0.621. The van der Waals surface area contributed by atoms with Crippen molar-refractivity contribution in [3.8, 4) is 11.3 Å². The largest absolute Gasteiger partial charge is 0.219 e. The molecule has 0 saturated heterocycles. The van der Waals surface area contributed by atoms with Gasteiger partial charge in [0.25, 0.3) is 0 Å². The standard InChI is InChI=1S/C16H9BrClN3S/c17-12-3-1-11(2-4-12)15-9-22-16(21-15)20-10-19-14-7-5-13(18)6-8-14/h1-9H. The molecular formula is C16H9BrClN3S. The van der Waals surface area contributed by atoms with Gasteiger partial charge in [-0.05, 0) is 36.4 Å². The molecule has 0 aliphatic heterocycles. The summed E-state index contributed by atoms with van der Waals surface area (Å²) in [5.74, 6) is 0. The second-order valence-corrected chi connectivity index (χ2v) is 6.51. The summed E-state index contributed by atoms with van der Waals surface area (Å²) >= 11 is 10.7. The molecule has 0 spiro atoms. The number of thiazole rings is 1. The number of aromatic nitrogens is 1. The molecule has 0 N–H and O–H groups in total. The normalized spacial score (nSPS) is 10.1. The quantitative estimate of drug-likeness (QED) is 0.479. The van der Waals surface area contributed by atoms with E-state index in [2.05, 4.69) is 36.9 Å². The van der Waals surface area contributed by atoms with E-state index in [1.807, 2.05) is 29.6 Å². The van der Waals surface area contributed by atoms with Crippen molar-refractivity contribution in [1.82, 2.24) is 4.98 Å². The van der Waals surface area contributed by atoms with Crippen LogP contribution in [0, 0.1) is 0 Å². The fourth-order valence-electron chi connectivity index (χ4n) is 1.71. The Balaban J connectivity index is 1.77. The maximum Gasteiger partial charge on any atom is 0.219 e. The van der Waals surface area contributed by atoms with Crippen molar-refractivity contribution in [1.29, 1.82) is 0 Å². The molecule has 0 fully saturated rings. The number of rotatable bonds is 3. The Kier molecular flexibility index (Phi) is 4.80. The molecule has 0 aliphatic carbocycles. The molecule has 108 valence electrons. The summed E-state index contributed by atoms with van der Waals surface area (Å²) < 4.78 is 1.04. The van der Waals surface area contributed by atoms with Crippen molar-refractivity contribution in [3.63, 3.8) is 0 Å². The summed E-state index contributed by atoms with van der Waals surface area (Å²) in [6, 6.07) is 17.8. The van der Waals surface area contributed by atoms with Gasteiger partial charge in [-0.25, -0.2) is 4.98 Å². The van der Waals surface area contributed by atoms with Gasteiger partial charge in [-0.2, -0.15) is 9.98 Å². The Morgan fingerprint density at radius 3 is 2.45 bits per heavy atom. The zero-order valence-corrected chi connectivity index (χ0v) is 14.4. The Morgan fingerprint density at radius 2 is 1.73 bits per heavy atom. The van der Waals surface area contributed by atoms with Crippen LogP contribution < -0.4 is 0 Å². The minimum absolute atomic E-state index is 0.621. The van der Waals surface area contributed by atoms with Crippen LogP contribution in [0.5, 0.6) is 0 Å². The van der Waals surface area contributed by atoms with Gasteiger partial charge < -0.3 is 0 Å². The van der Waals surface area contributed by atoms with E-state index in [4.69, 9.17) is 11.6 Å². The number of nitrogens with zero attached hydrogens (tertiary/aromatic N) is 3. The first-order valence-corrected chi connectivity index (χ1v) is 8.39. The Hall–Kier alpha value is -1.78.